The monoisotopic (exact) mass is 326 g/mol. The number of carbonyl (C=O) groups is 3. The molecule has 0 aromatic heterocycles. The minimum atomic E-state index is -0.882. The van der Waals surface area contributed by atoms with E-state index in [1.54, 1.807) is 26.8 Å². The number of rotatable bonds is 4. The maximum absolute atomic E-state index is 11.9. The van der Waals surface area contributed by atoms with E-state index in [1.165, 1.54) is 4.90 Å². The molecule has 0 aromatic rings. The smallest absolute Gasteiger partial charge is 0.407 e. The van der Waals surface area contributed by atoms with E-state index >= 15 is 0 Å². The lowest BCUT2D eigenvalue weighted by atomic mass is 9.97. The Morgan fingerprint density at radius 1 is 1.48 bits per heavy atom. The van der Waals surface area contributed by atoms with Crippen molar-refractivity contribution in [2.45, 2.75) is 44.9 Å². The van der Waals surface area contributed by atoms with Crippen molar-refractivity contribution >= 4 is 18.0 Å². The Morgan fingerprint density at radius 3 is 2.70 bits per heavy atom. The molecule has 0 unspecified atom stereocenters. The molecule has 0 radical (unpaired) electrons. The van der Waals surface area contributed by atoms with Gasteiger partial charge in [-0.15, -0.1) is 0 Å². The zero-order chi connectivity index (χ0) is 17.4. The first-order valence-corrected chi connectivity index (χ1v) is 7.35. The number of fused-ring (bicyclic) bond motifs is 2. The molecule has 0 saturated carbocycles. The summed E-state index contributed by atoms with van der Waals surface area (Å²) in [6.07, 6.45) is 1.39. The van der Waals surface area contributed by atoms with E-state index in [9.17, 15) is 19.6 Å². The molecule has 1 saturated heterocycles. The van der Waals surface area contributed by atoms with Crippen LogP contribution in [0.1, 0.15) is 27.2 Å². The Bertz CT molecular complexity index is 554. The predicted octanol–water partition coefficient (Wildman–Crippen LogP) is 0.191. The lowest BCUT2D eigenvalue weighted by Crippen LogP contribution is -2.46. The molecule has 0 spiro atoms. The van der Waals surface area contributed by atoms with E-state index in [1.807, 2.05) is 0 Å². The molecule has 23 heavy (non-hydrogen) atoms. The average molecular weight is 326 g/mol. The van der Waals surface area contributed by atoms with Crippen molar-refractivity contribution in [3.05, 3.63) is 11.6 Å². The molecule has 2 heterocycles. The predicted molar refractivity (Wildman–Crippen MR) is 79.4 cm³/mol. The van der Waals surface area contributed by atoms with Gasteiger partial charge in [0.2, 0.25) is 5.91 Å². The normalized spacial score (nSPS) is 23.7. The summed E-state index contributed by atoms with van der Waals surface area (Å²) in [4.78, 5) is 36.1. The van der Waals surface area contributed by atoms with Crippen LogP contribution in [-0.4, -0.2) is 64.0 Å². The molecule has 2 aliphatic rings. The maximum Gasteiger partial charge on any atom is 0.407 e. The van der Waals surface area contributed by atoms with Crippen LogP contribution in [-0.2, 0) is 9.53 Å². The van der Waals surface area contributed by atoms with E-state index in [0.717, 1.165) is 0 Å². The number of urea groups is 1. The van der Waals surface area contributed by atoms with Crippen LogP contribution in [0.5, 0.6) is 0 Å². The first-order valence-electron chi connectivity index (χ1n) is 7.35. The first-order chi connectivity index (χ1) is 10.6. The van der Waals surface area contributed by atoms with Gasteiger partial charge in [0.25, 0.3) is 0 Å². The molecule has 2 rings (SSSR count). The van der Waals surface area contributed by atoms with Crippen molar-refractivity contribution in [3.63, 3.8) is 0 Å². The highest BCUT2D eigenvalue weighted by Crippen LogP contribution is 2.29. The van der Waals surface area contributed by atoms with E-state index in [2.05, 4.69) is 5.32 Å². The Balaban J connectivity index is 1.98. The van der Waals surface area contributed by atoms with E-state index in [-0.39, 0.29) is 13.1 Å². The fourth-order valence-corrected chi connectivity index (χ4v) is 2.63. The van der Waals surface area contributed by atoms with Crippen LogP contribution in [0.25, 0.3) is 0 Å². The maximum atomic E-state index is 11.9. The number of hydrogen-bond donors (Lipinski definition) is 3. The Kier molecular flexibility index (Phi) is 4.51. The third-order valence-electron chi connectivity index (χ3n) is 3.62. The summed E-state index contributed by atoms with van der Waals surface area (Å²) < 4.78 is 5.12. The highest BCUT2D eigenvalue weighted by atomic mass is 16.6. The van der Waals surface area contributed by atoms with Gasteiger partial charge in [-0.2, -0.15) is 5.06 Å². The minimum Gasteiger partial charge on any atom is -0.444 e. The van der Waals surface area contributed by atoms with E-state index in [0.29, 0.717) is 17.1 Å². The highest BCUT2D eigenvalue weighted by Gasteiger charge is 2.46. The van der Waals surface area contributed by atoms with Gasteiger partial charge in [0.05, 0.1) is 12.6 Å². The topological polar surface area (TPSA) is 125 Å². The fraction of sp³-hybridized carbons (Fsp3) is 0.643. The van der Waals surface area contributed by atoms with Crippen molar-refractivity contribution in [1.29, 1.82) is 0 Å². The minimum absolute atomic E-state index is 0.196. The van der Waals surface area contributed by atoms with Crippen LogP contribution in [0.3, 0.4) is 0 Å². The van der Waals surface area contributed by atoms with Crippen LogP contribution < -0.4 is 11.1 Å². The summed E-state index contributed by atoms with van der Waals surface area (Å²) in [5.41, 5.74) is 5.38. The van der Waals surface area contributed by atoms with Gasteiger partial charge in [-0.25, -0.2) is 9.59 Å². The molecule has 128 valence electrons. The van der Waals surface area contributed by atoms with E-state index < -0.39 is 35.7 Å². The number of ether oxygens (including phenoxy) is 1. The molecule has 4 amide bonds. The summed E-state index contributed by atoms with van der Waals surface area (Å²) in [5.74, 6) is -0.662. The summed E-state index contributed by atoms with van der Waals surface area (Å²) in [6.45, 7) is 5.73. The van der Waals surface area contributed by atoms with Gasteiger partial charge < -0.3 is 20.7 Å². The molecule has 9 nitrogen and oxygen atoms in total. The quantitative estimate of drug-likeness (QED) is 0.502. The number of primary amides is 1. The number of amides is 4. The second-order valence-corrected chi connectivity index (χ2v) is 6.56. The van der Waals surface area contributed by atoms with Crippen LogP contribution in [0.4, 0.5) is 9.59 Å². The van der Waals surface area contributed by atoms with Crippen molar-refractivity contribution in [2.24, 2.45) is 5.73 Å². The molecular weight excluding hydrogens is 304 g/mol. The third kappa shape index (κ3) is 3.73. The van der Waals surface area contributed by atoms with Gasteiger partial charge in [-0.1, -0.05) is 6.08 Å². The molecule has 0 aliphatic carbocycles. The lowest BCUT2D eigenvalue weighted by Gasteiger charge is -2.27. The van der Waals surface area contributed by atoms with Crippen molar-refractivity contribution in [3.8, 4) is 0 Å². The molecule has 2 bridgehead atoms. The lowest BCUT2D eigenvalue weighted by molar-refractivity contribution is -0.120. The average Bonchev–Trinajstić information content (AvgIpc) is 2.65. The van der Waals surface area contributed by atoms with Crippen molar-refractivity contribution in [2.75, 3.05) is 13.1 Å². The summed E-state index contributed by atoms with van der Waals surface area (Å²) >= 11 is 0. The van der Waals surface area contributed by atoms with Crippen molar-refractivity contribution in [1.82, 2.24) is 15.3 Å². The zero-order valence-corrected chi connectivity index (χ0v) is 13.4. The fourth-order valence-electron chi connectivity index (χ4n) is 2.63. The molecule has 1 fully saturated rings. The van der Waals surface area contributed by atoms with Gasteiger partial charge in [0.1, 0.15) is 11.6 Å². The summed E-state index contributed by atoms with van der Waals surface area (Å²) in [5, 5.41) is 13.0. The standard InChI is InChI=1S/C14H22N4O5/c1-14(2,3)23-12(20)16-5-4-8-6-9(11(15)19)17-7-10(8)18(22)13(17)21/h6,9-10,22H,4-5,7H2,1-3H3,(H2,15,19)(H,16,20)/t9-,10-/m0/s1. The number of nitrogens with zero attached hydrogens (tertiary/aromatic N) is 2. The van der Waals surface area contributed by atoms with Crippen LogP contribution in [0.15, 0.2) is 11.6 Å². The Morgan fingerprint density at radius 2 is 2.13 bits per heavy atom. The van der Waals surface area contributed by atoms with Crippen LogP contribution >= 0.6 is 0 Å². The molecule has 4 N–H and O–H groups in total. The second-order valence-electron chi connectivity index (χ2n) is 6.56. The number of alkyl carbamates (subject to hydrolysis) is 1. The summed E-state index contributed by atoms with van der Waals surface area (Å²) in [7, 11) is 0. The van der Waals surface area contributed by atoms with Gasteiger partial charge in [0, 0.05) is 6.54 Å². The van der Waals surface area contributed by atoms with Crippen LogP contribution in [0.2, 0.25) is 0 Å². The molecular formula is C14H22N4O5. The Hall–Kier alpha value is -2.29. The number of carbonyl (C=O) groups excluding carboxylic acids is 3. The zero-order valence-electron chi connectivity index (χ0n) is 13.4. The van der Waals surface area contributed by atoms with Gasteiger partial charge in [-0.3, -0.25) is 10.0 Å². The van der Waals surface area contributed by atoms with Crippen molar-refractivity contribution < 1.29 is 24.3 Å². The third-order valence-corrected chi connectivity index (χ3v) is 3.62. The van der Waals surface area contributed by atoms with E-state index in [4.69, 9.17) is 10.5 Å². The summed E-state index contributed by atoms with van der Waals surface area (Å²) in [6, 6.07) is -2.06. The molecule has 2 atom stereocenters. The number of hydroxylamine groups is 2. The molecule has 9 heteroatoms. The SMILES string of the molecule is CC(C)(C)OC(=O)NCCC1=C[C@@H](C(N)=O)N2C[C@@H]1N(O)C2=O. The number of hydrogen-bond acceptors (Lipinski definition) is 5. The largest absolute Gasteiger partial charge is 0.444 e. The molecule has 0 aromatic carbocycles. The second kappa shape index (κ2) is 6.07. The highest BCUT2D eigenvalue weighted by molar-refractivity contribution is 5.89. The first kappa shape index (κ1) is 17.1. The van der Waals surface area contributed by atoms with Gasteiger partial charge >= 0.3 is 12.1 Å². The van der Waals surface area contributed by atoms with Gasteiger partial charge in [0.15, 0.2) is 0 Å². The van der Waals surface area contributed by atoms with Crippen LogP contribution in [0, 0.1) is 0 Å². The number of nitrogens with one attached hydrogen (secondary N) is 1. The number of nitrogens with two attached hydrogens (primary N) is 1. The molecule has 2 aliphatic heterocycles. The Labute approximate surface area is 134 Å². The van der Waals surface area contributed by atoms with Gasteiger partial charge in [-0.05, 0) is 32.8 Å².